The summed E-state index contributed by atoms with van der Waals surface area (Å²) in [6.07, 6.45) is -4.48. The molecule has 0 aliphatic carbocycles. The molecule has 0 N–H and O–H groups in total. The van der Waals surface area contributed by atoms with Crippen LogP contribution < -0.4 is 4.74 Å². The summed E-state index contributed by atoms with van der Waals surface area (Å²) in [6, 6.07) is 12.0. The quantitative estimate of drug-likeness (QED) is 0.608. The molecular formula is C17H11ClF3NO. The van der Waals surface area contributed by atoms with E-state index in [2.05, 4.69) is 4.98 Å². The fourth-order valence-corrected chi connectivity index (χ4v) is 2.65. The zero-order valence-corrected chi connectivity index (χ0v) is 12.7. The summed E-state index contributed by atoms with van der Waals surface area (Å²) in [5.74, 6) is 0.238. The number of fused-ring (bicyclic) bond motifs is 1. The predicted octanol–water partition coefficient (Wildman–Crippen LogP) is 5.58. The molecule has 23 heavy (non-hydrogen) atoms. The van der Waals surface area contributed by atoms with Gasteiger partial charge in [-0.25, -0.2) is 4.98 Å². The molecule has 0 aliphatic rings. The summed E-state index contributed by atoms with van der Waals surface area (Å²) in [6.45, 7) is 0. The highest BCUT2D eigenvalue weighted by molar-refractivity contribution is 6.35. The number of alkyl halides is 3. The van der Waals surface area contributed by atoms with Crippen LogP contribution in [0.2, 0.25) is 5.02 Å². The van der Waals surface area contributed by atoms with E-state index in [-0.39, 0.29) is 17.0 Å². The number of rotatable bonds is 2. The molecule has 2 nitrogen and oxygen atoms in total. The highest BCUT2D eigenvalue weighted by atomic mass is 35.5. The van der Waals surface area contributed by atoms with Crippen molar-refractivity contribution in [3.8, 4) is 17.0 Å². The Morgan fingerprint density at radius 1 is 1.04 bits per heavy atom. The first-order valence-corrected chi connectivity index (χ1v) is 7.09. The Morgan fingerprint density at radius 2 is 1.78 bits per heavy atom. The van der Waals surface area contributed by atoms with E-state index < -0.39 is 11.7 Å². The second kappa shape index (κ2) is 5.74. The van der Waals surface area contributed by atoms with Gasteiger partial charge in [-0.1, -0.05) is 35.9 Å². The maximum Gasteiger partial charge on any atom is 0.417 e. The number of methoxy groups -OCH3 is 1. The third kappa shape index (κ3) is 2.84. The van der Waals surface area contributed by atoms with Crippen LogP contribution in [-0.4, -0.2) is 12.1 Å². The molecule has 0 saturated heterocycles. The number of hydrogen-bond acceptors (Lipinski definition) is 2. The lowest BCUT2D eigenvalue weighted by Crippen LogP contribution is -2.08. The Hall–Kier alpha value is -2.27. The van der Waals surface area contributed by atoms with Gasteiger partial charge >= 0.3 is 6.18 Å². The Balaban J connectivity index is 2.33. The van der Waals surface area contributed by atoms with Gasteiger partial charge in [0.15, 0.2) is 0 Å². The molecule has 0 fully saturated rings. The van der Waals surface area contributed by atoms with Gasteiger partial charge in [-0.3, -0.25) is 0 Å². The largest absolute Gasteiger partial charge is 0.494 e. The molecule has 0 radical (unpaired) electrons. The van der Waals surface area contributed by atoms with E-state index in [9.17, 15) is 13.2 Å². The molecular weight excluding hydrogens is 327 g/mol. The van der Waals surface area contributed by atoms with Crippen LogP contribution in [-0.2, 0) is 6.18 Å². The van der Waals surface area contributed by atoms with Crippen molar-refractivity contribution < 1.29 is 17.9 Å². The minimum Gasteiger partial charge on any atom is -0.494 e. The van der Waals surface area contributed by atoms with E-state index in [0.29, 0.717) is 15.9 Å². The molecule has 0 bridgehead atoms. The van der Waals surface area contributed by atoms with Crippen molar-refractivity contribution in [3.63, 3.8) is 0 Å². The molecule has 0 saturated carbocycles. The minimum absolute atomic E-state index is 0.0290. The normalized spacial score (nSPS) is 11.7. The molecule has 3 aromatic rings. The first-order valence-electron chi connectivity index (χ1n) is 6.71. The number of nitrogens with zero attached hydrogens (tertiary/aromatic N) is 1. The number of pyridine rings is 1. The molecule has 0 amide bonds. The molecule has 118 valence electrons. The molecule has 3 rings (SSSR count). The van der Waals surface area contributed by atoms with Crippen molar-refractivity contribution in [2.24, 2.45) is 0 Å². The lowest BCUT2D eigenvalue weighted by atomic mass is 10.0. The van der Waals surface area contributed by atoms with Gasteiger partial charge in [0.05, 0.1) is 23.2 Å². The van der Waals surface area contributed by atoms with Crippen molar-refractivity contribution in [1.29, 1.82) is 0 Å². The van der Waals surface area contributed by atoms with Crippen LogP contribution >= 0.6 is 11.6 Å². The van der Waals surface area contributed by atoms with E-state index in [4.69, 9.17) is 16.3 Å². The lowest BCUT2D eigenvalue weighted by Gasteiger charge is -2.15. The van der Waals surface area contributed by atoms with Crippen molar-refractivity contribution in [2.45, 2.75) is 6.18 Å². The Kier molecular flexibility index (Phi) is 3.90. The maximum absolute atomic E-state index is 13.3. The minimum atomic E-state index is -4.48. The summed E-state index contributed by atoms with van der Waals surface area (Å²) < 4.78 is 45.0. The van der Waals surface area contributed by atoms with Crippen LogP contribution in [0.4, 0.5) is 13.2 Å². The van der Waals surface area contributed by atoms with Crippen molar-refractivity contribution >= 4 is 22.5 Å². The predicted molar refractivity (Wildman–Crippen MR) is 83.7 cm³/mol. The second-order valence-electron chi connectivity index (χ2n) is 4.89. The summed E-state index contributed by atoms with van der Waals surface area (Å²) in [7, 11) is 1.39. The van der Waals surface area contributed by atoms with Gasteiger partial charge in [0.2, 0.25) is 0 Å². The number of halogens is 4. The number of hydrogen-bond donors (Lipinski definition) is 0. The molecule has 0 spiro atoms. The van der Waals surface area contributed by atoms with Crippen molar-refractivity contribution in [3.05, 3.63) is 59.1 Å². The van der Waals surface area contributed by atoms with Crippen LogP contribution in [0.3, 0.4) is 0 Å². The average Bonchev–Trinajstić information content (AvgIpc) is 2.53. The molecule has 0 unspecified atom stereocenters. The van der Waals surface area contributed by atoms with Crippen LogP contribution in [0.25, 0.3) is 22.2 Å². The number of ether oxygens (including phenoxy) is 1. The van der Waals surface area contributed by atoms with E-state index in [1.165, 1.54) is 25.3 Å². The topological polar surface area (TPSA) is 22.1 Å². The third-order valence-electron chi connectivity index (χ3n) is 3.48. The van der Waals surface area contributed by atoms with Gasteiger partial charge in [-0.15, -0.1) is 0 Å². The smallest absolute Gasteiger partial charge is 0.417 e. The fraction of sp³-hybridized carbons (Fsp3) is 0.118. The van der Waals surface area contributed by atoms with Gasteiger partial charge in [0.25, 0.3) is 0 Å². The van der Waals surface area contributed by atoms with Crippen LogP contribution in [0.1, 0.15) is 5.56 Å². The Labute approximate surface area is 135 Å². The highest BCUT2D eigenvalue weighted by Crippen LogP contribution is 2.40. The monoisotopic (exact) mass is 337 g/mol. The molecule has 1 heterocycles. The highest BCUT2D eigenvalue weighted by Gasteiger charge is 2.34. The van der Waals surface area contributed by atoms with Gasteiger partial charge < -0.3 is 4.74 Å². The fourth-order valence-electron chi connectivity index (χ4n) is 2.43. The van der Waals surface area contributed by atoms with Crippen LogP contribution in [0, 0.1) is 0 Å². The first kappa shape index (κ1) is 15.6. The standard InChI is InChI=1S/C17H11ClF3NO/c1-23-15-9-11-13(18)7-4-8-14(11)22-16(15)10-5-2-3-6-12(10)17(19,20)21/h2-9H,1H3. The zero-order valence-electron chi connectivity index (χ0n) is 12.0. The third-order valence-corrected chi connectivity index (χ3v) is 3.81. The molecule has 0 atom stereocenters. The summed E-state index contributed by atoms with van der Waals surface area (Å²) in [5.41, 5.74) is -0.147. The van der Waals surface area contributed by atoms with Crippen molar-refractivity contribution in [2.75, 3.05) is 7.11 Å². The molecule has 6 heteroatoms. The van der Waals surface area contributed by atoms with Gasteiger partial charge in [-0.2, -0.15) is 13.2 Å². The summed E-state index contributed by atoms with van der Waals surface area (Å²) in [4.78, 5) is 4.34. The van der Waals surface area contributed by atoms with E-state index >= 15 is 0 Å². The maximum atomic E-state index is 13.3. The summed E-state index contributed by atoms with van der Waals surface area (Å²) >= 11 is 6.11. The lowest BCUT2D eigenvalue weighted by molar-refractivity contribution is -0.137. The van der Waals surface area contributed by atoms with Gasteiger partial charge in [0, 0.05) is 10.9 Å². The average molecular weight is 338 g/mol. The molecule has 2 aromatic carbocycles. The van der Waals surface area contributed by atoms with Crippen molar-refractivity contribution in [1.82, 2.24) is 4.98 Å². The zero-order chi connectivity index (χ0) is 16.6. The SMILES string of the molecule is COc1cc2c(Cl)cccc2nc1-c1ccccc1C(F)(F)F. The second-order valence-corrected chi connectivity index (χ2v) is 5.30. The van der Waals surface area contributed by atoms with Gasteiger partial charge in [0.1, 0.15) is 11.4 Å². The van der Waals surface area contributed by atoms with E-state index in [1.54, 1.807) is 24.3 Å². The van der Waals surface area contributed by atoms with Gasteiger partial charge in [-0.05, 0) is 24.3 Å². The summed E-state index contributed by atoms with van der Waals surface area (Å²) in [5, 5.41) is 1.09. The van der Waals surface area contributed by atoms with Crippen LogP contribution in [0.5, 0.6) is 5.75 Å². The first-order chi connectivity index (χ1) is 10.9. The molecule has 0 aliphatic heterocycles. The van der Waals surface area contributed by atoms with E-state index in [0.717, 1.165) is 6.07 Å². The Bertz CT molecular complexity index is 877. The Morgan fingerprint density at radius 3 is 2.48 bits per heavy atom. The number of benzene rings is 2. The molecule has 1 aromatic heterocycles. The van der Waals surface area contributed by atoms with E-state index in [1.807, 2.05) is 0 Å². The van der Waals surface area contributed by atoms with Crippen LogP contribution in [0.15, 0.2) is 48.5 Å². The number of aromatic nitrogens is 1.